The summed E-state index contributed by atoms with van der Waals surface area (Å²) in [6, 6.07) is 3.80. The lowest BCUT2D eigenvalue weighted by Crippen LogP contribution is -2.43. The third kappa shape index (κ3) is 4.63. The van der Waals surface area contributed by atoms with Gasteiger partial charge < -0.3 is 33.2 Å². The number of ether oxygens (including phenoxy) is 7. The molecular weight excluding hydrogens is 476 g/mol. The van der Waals surface area contributed by atoms with Crippen molar-refractivity contribution in [3.05, 3.63) is 23.3 Å². The lowest BCUT2D eigenvalue weighted by Gasteiger charge is -2.39. The van der Waals surface area contributed by atoms with Gasteiger partial charge in [-0.15, -0.1) is 11.6 Å². The zero-order chi connectivity index (χ0) is 25.9. The zero-order valence-corrected chi connectivity index (χ0v) is 22.3. The Bertz CT molecular complexity index is 1100. The van der Waals surface area contributed by atoms with E-state index >= 15 is 0 Å². The van der Waals surface area contributed by atoms with Crippen molar-refractivity contribution in [1.82, 2.24) is 0 Å². The van der Waals surface area contributed by atoms with Crippen molar-refractivity contribution in [2.75, 3.05) is 48.5 Å². The highest BCUT2D eigenvalue weighted by Crippen LogP contribution is 2.56. The van der Waals surface area contributed by atoms with Gasteiger partial charge in [-0.2, -0.15) is 0 Å². The molecule has 0 unspecified atom stereocenters. The van der Waals surface area contributed by atoms with Crippen LogP contribution in [0.25, 0.3) is 11.1 Å². The van der Waals surface area contributed by atoms with E-state index in [-0.39, 0.29) is 11.8 Å². The number of halogens is 1. The van der Waals surface area contributed by atoms with Crippen molar-refractivity contribution >= 4 is 17.6 Å². The molecule has 0 amide bonds. The van der Waals surface area contributed by atoms with Crippen molar-refractivity contribution in [2.24, 2.45) is 5.92 Å². The average Bonchev–Trinajstić information content (AvgIpc) is 2.86. The quantitative estimate of drug-likeness (QED) is 0.375. The van der Waals surface area contributed by atoms with Crippen molar-refractivity contribution in [3.8, 4) is 45.6 Å². The van der Waals surface area contributed by atoms with E-state index in [0.29, 0.717) is 47.3 Å². The summed E-state index contributed by atoms with van der Waals surface area (Å²) in [5.74, 6) is 2.06. The summed E-state index contributed by atoms with van der Waals surface area (Å²) < 4.78 is 40.4. The Hall–Kier alpha value is -3.00. The molecule has 1 aliphatic carbocycles. The van der Waals surface area contributed by atoms with Crippen LogP contribution >= 0.6 is 11.6 Å². The minimum atomic E-state index is -0.872. The normalized spacial score (nSPS) is 18.8. The Morgan fingerprint density at radius 1 is 0.829 bits per heavy atom. The number of carbonyl (C=O) groups excluding carboxylic acids is 1. The van der Waals surface area contributed by atoms with Crippen LogP contribution in [-0.2, 0) is 22.4 Å². The van der Waals surface area contributed by atoms with Crippen molar-refractivity contribution in [1.29, 1.82) is 0 Å². The van der Waals surface area contributed by atoms with Gasteiger partial charge >= 0.3 is 5.97 Å². The van der Waals surface area contributed by atoms with Crippen LogP contribution in [0.3, 0.4) is 0 Å². The Kier molecular flexibility index (Phi) is 8.15. The molecule has 192 valence electrons. The zero-order valence-electron chi connectivity index (χ0n) is 21.5. The van der Waals surface area contributed by atoms with Crippen LogP contribution in [0.1, 0.15) is 25.0 Å². The smallest absolute Gasteiger partial charge is 0.321 e. The lowest BCUT2D eigenvalue weighted by molar-refractivity contribution is -0.160. The number of alkyl halides is 1. The van der Waals surface area contributed by atoms with Crippen LogP contribution in [-0.4, -0.2) is 60.1 Å². The summed E-state index contributed by atoms with van der Waals surface area (Å²) in [7, 11) is 9.40. The molecule has 0 heterocycles. The highest BCUT2D eigenvalue weighted by Gasteiger charge is 2.41. The molecule has 2 atom stereocenters. The van der Waals surface area contributed by atoms with Crippen molar-refractivity contribution in [3.63, 3.8) is 0 Å². The molecule has 2 aromatic carbocycles. The van der Waals surface area contributed by atoms with E-state index in [4.69, 9.17) is 44.8 Å². The summed E-state index contributed by atoms with van der Waals surface area (Å²) >= 11 is 5.80. The molecule has 0 saturated heterocycles. The van der Waals surface area contributed by atoms with Gasteiger partial charge in [0.15, 0.2) is 23.0 Å². The van der Waals surface area contributed by atoms with E-state index in [2.05, 4.69) is 0 Å². The van der Waals surface area contributed by atoms with Crippen LogP contribution in [0.4, 0.5) is 0 Å². The number of carbonyl (C=O) groups is 1. The molecule has 9 heteroatoms. The van der Waals surface area contributed by atoms with Gasteiger partial charge in [0.1, 0.15) is 11.5 Å². The fourth-order valence-electron chi connectivity index (χ4n) is 4.78. The first kappa shape index (κ1) is 26.6. The SMILES string of the molecule is COc1cc2c(c(OC)c1OC)-c1c(cc(OC)c(OC)c1OC)C[C@](C)(OC(=O)CCl)[C@@H](C)C2. The van der Waals surface area contributed by atoms with E-state index in [9.17, 15) is 4.79 Å². The number of benzene rings is 2. The first-order valence-electron chi connectivity index (χ1n) is 11.1. The Morgan fingerprint density at radius 2 is 1.29 bits per heavy atom. The molecular formula is C26H33ClO8. The van der Waals surface area contributed by atoms with Crippen LogP contribution < -0.4 is 28.4 Å². The molecule has 8 nitrogen and oxygen atoms in total. The Morgan fingerprint density at radius 3 is 1.71 bits per heavy atom. The molecule has 2 aromatic rings. The second kappa shape index (κ2) is 10.7. The van der Waals surface area contributed by atoms with E-state index in [1.807, 2.05) is 26.0 Å². The van der Waals surface area contributed by atoms with E-state index < -0.39 is 11.6 Å². The standard InChI is InChI=1S/C26H33ClO8/c1-14-9-15-10-17(29-3)22(31-5)24(33-7)20(15)21-16(12-26(14,2)35-19(28)13-27)11-18(30-4)23(32-6)25(21)34-8/h10-11,14H,9,12-13H2,1-8H3/t14-,26-/m0/s1. The summed E-state index contributed by atoms with van der Waals surface area (Å²) in [4.78, 5) is 12.3. The fraction of sp³-hybridized carbons (Fsp3) is 0.500. The number of rotatable bonds is 8. The number of hydrogen-bond acceptors (Lipinski definition) is 8. The maximum absolute atomic E-state index is 12.3. The van der Waals surface area contributed by atoms with Gasteiger partial charge in [-0.25, -0.2) is 0 Å². The minimum absolute atomic E-state index is 0.0940. The van der Waals surface area contributed by atoms with Gasteiger partial charge in [0, 0.05) is 23.5 Å². The molecule has 0 spiro atoms. The summed E-state index contributed by atoms with van der Waals surface area (Å²) in [5.41, 5.74) is 2.38. The maximum Gasteiger partial charge on any atom is 0.321 e. The maximum atomic E-state index is 12.3. The molecule has 0 N–H and O–H groups in total. The van der Waals surface area contributed by atoms with Gasteiger partial charge in [-0.05, 0) is 36.6 Å². The third-order valence-corrected chi connectivity index (χ3v) is 6.86. The van der Waals surface area contributed by atoms with Crippen molar-refractivity contribution in [2.45, 2.75) is 32.3 Å². The molecule has 0 aliphatic heterocycles. The minimum Gasteiger partial charge on any atom is -0.493 e. The van der Waals surface area contributed by atoms with Crippen LogP contribution in [0.2, 0.25) is 0 Å². The number of fused-ring (bicyclic) bond motifs is 3. The van der Waals surface area contributed by atoms with Crippen molar-refractivity contribution < 1.29 is 38.0 Å². The summed E-state index contributed by atoms with van der Waals surface area (Å²) in [6.45, 7) is 3.95. The first-order valence-corrected chi connectivity index (χ1v) is 11.7. The first-order chi connectivity index (χ1) is 16.7. The highest BCUT2D eigenvalue weighted by atomic mass is 35.5. The number of esters is 1. The predicted octanol–water partition coefficient (Wildman–Crippen LogP) is 4.68. The van der Waals surface area contributed by atoms with Crippen LogP contribution in [0.15, 0.2) is 12.1 Å². The number of hydrogen-bond donors (Lipinski definition) is 0. The van der Waals surface area contributed by atoms with Crippen LogP contribution in [0.5, 0.6) is 34.5 Å². The van der Waals surface area contributed by atoms with Gasteiger partial charge in [-0.3, -0.25) is 4.79 Å². The van der Waals surface area contributed by atoms with Crippen LogP contribution in [0, 0.1) is 5.92 Å². The Balaban J connectivity index is 2.50. The van der Waals surface area contributed by atoms with Gasteiger partial charge in [0.25, 0.3) is 0 Å². The monoisotopic (exact) mass is 508 g/mol. The Labute approximate surface area is 211 Å². The molecule has 0 bridgehead atoms. The van der Waals surface area contributed by atoms with Gasteiger partial charge in [0.05, 0.1) is 42.7 Å². The largest absolute Gasteiger partial charge is 0.493 e. The van der Waals surface area contributed by atoms with E-state index in [1.165, 1.54) is 0 Å². The number of methoxy groups -OCH3 is 6. The molecule has 0 saturated carbocycles. The molecule has 0 fully saturated rings. The summed E-state index contributed by atoms with van der Waals surface area (Å²) in [5, 5.41) is 0. The predicted molar refractivity (Wildman–Crippen MR) is 133 cm³/mol. The fourth-order valence-corrected chi connectivity index (χ4v) is 4.84. The van der Waals surface area contributed by atoms with Gasteiger partial charge in [-0.1, -0.05) is 6.92 Å². The lowest BCUT2D eigenvalue weighted by atomic mass is 9.74. The highest BCUT2D eigenvalue weighted by molar-refractivity contribution is 6.26. The molecule has 35 heavy (non-hydrogen) atoms. The van der Waals surface area contributed by atoms with Gasteiger partial charge in [0.2, 0.25) is 11.5 Å². The second-order valence-corrected chi connectivity index (χ2v) is 8.83. The molecule has 0 aromatic heterocycles. The van der Waals surface area contributed by atoms with E-state index in [1.54, 1.807) is 42.7 Å². The topological polar surface area (TPSA) is 81.7 Å². The molecule has 3 rings (SSSR count). The molecule has 1 aliphatic rings. The third-order valence-electron chi connectivity index (χ3n) is 6.64. The molecule has 0 radical (unpaired) electrons. The average molecular weight is 509 g/mol. The van der Waals surface area contributed by atoms with E-state index in [0.717, 1.165) is 22.3 Å². The summed E-state index contributed by atoms with van der Waals surface area (Å²) in [6.07, 6.45) is 0.925. The second-order valence-electron chi connectivity index (χ2n) is 8.56.